The van der Waals surface area contributed by atoms with Gasteiger partial charge >= 0.3 is 0 Å². The van der Waals surface area contributed by atoms with E-state index in [1.165, 1.54) is 58.2 Å². The van der Waals surface area contributed by atoms with Gasteiger partial charge in [-0.2, -0.15) is 0 Å². The molecule has 126 valence electrons. The largest absolute Gasteiger partial charge is 0.314 e. The molecular formula is C19H40N2. The van der Waals surface area contributed by atoms with E-state index in [0.29, 0.717) is 0 Å². The van der Waals surface area contributed by atoms with Gasteiger partial charge in [0, 0.05) is 12.6 Å². The number of hydrogen-bond acceptors (Lipinski definition) is 2. The topological polar surface area (TPSA) is 15.3 Å². The summed E-state index contributed by atoms with van der Waals surface area (Å²) in [5.74, 6) is 2.52. The molecule has 1 fully saturated rings. The van der Waals surface area contributed by atoms with Crippen LogP contribution in [0.3, 0.4) is 0 Å². The van der Waals surface area contributed by atoms with Gasteiger partial charge in [-0.15, -0.1) is 0 Å². The lowest BCUT2D eigenvalue weighted by molar-refractivity contribution is 0.157. The molecule has 1 aliphatic carbocycles. The molecule has 0 radical (unpaired) electrons. The lowest BCUT2D eigenvalue weighted by Gasteiger charge is -2.36. The summed E-state index contributed by atoms with van der Waals surface area (Å²) < 4.78 is 0. The Kier molecular flexibility index (Phi) is 9.59. The number of nitrogens with one attached hydrogen (secondary N) is 1. The van der Waals surface area contributed by atoms with E-state index in [-0.39, 0.29) is 0 Å². The van der Waals surface area contributed by atoms with Crippen molar-refractivity contribution < 1.29 is 0 Å². The van der Waals surface area contributed by atoms with Crippen LogP contribution in [0.15, 0.2) is 0 Å². The Hall–Kier alpha value is -0.0800. The number of nitrogens with zero attached hydrogens (tertiary/aromatic N) is 1. The molecule has 0 aromatic carbocycles. The summed E-state index contributed by atoms with van der Waals surface area (Å²) in [4.78, 5) is 2.76. The molecule has 2 unspecified atom stereocenters. The molecular weight excluding hydrogens is 256 g/mol. The Bertz CT molecular complexity index is 236. The van der Waals surface area contributed by atoms with Crippen LogP contribution >= 0.6 is 0 Å². The van der Waals surface area contributed by atoms with Crippen molar-refractivity contribution >= 4 is 0 Å². The fraction of sp³-hybridized carbons (Fsp3) is 1.00. The fourth-order valence-electron chi connectivity index (χ4n) is 3.46. The zero-order valence-corrected chi connectivity index (χ0v) is 15.3. The third kappa shape index (κ3) is 8.21. The van der Waals surface area contributed by atoms with Crippen molar-refractivity contribution in [2.24, 2.45) is 17.8 Å². The van der Waals surface area contributed by atoms with E-state index in [0.717, 1.165) is 30.3 Å². The van der Waals surface area contributed by atoms with Gasteiger partial charge in [-0.3, -0.25) is 0 Å². The maximum Gasteiger partial charge on any atom is 0.0107 e. The molecule has 0 saturated heterocycles. The fourth-order valence-corrected chi connectivity index (χ4v) is 3.46. The maximum absolute atomic E-state index is 3.74. The van der Waals surface area contributed by atoms with Crippen molar-refractivity contribution in [3.05, 3.63) is 0 Å². The smallest absolute Gasteiger partial charge is 0.0107 e. The molecule has 0 amide bonds. The molecule has 0 bridgehead atoms. The molecule has 1 aliphatic rings. The Morgan fingerprint density at radius 1 is 0.952 bits per heavy atom. The Morgan fingerprint density at radius 3 is 2.05 bits per heavy atom. The predicted molar refractivity (Wildman–Crippen MR) is 94.8 cm³/mol. The van der Waals surface area contributed by atoms with Crippen LogP contribution in [0.25, 0.3) is 0 Å². The first-order valence-corrected chi connectivity index (χ1v) is 9.48. The summed E-state index contributed by atoms with van der Waals surface area (Å²) in [7, 11) is 0. The Labute approximate surface area is 134 Å². The predicted octanol–water partition coefficient (Wildman–Crippen LogP) is 4.55. The molecule has 0 aliphatic heterocycles. The summed E-state index contributed by atoms with van der Waals surface area (Å²) in [6.45, 7) is 16.7. The van der Waals surface area contributed by atoms with Gasteiger partial charge in [0.1, 0.15) is 0 Å². The first-order valence-electron chi connectivity index (χ1n) is 9.48. The van der Waals surface area contributed by atoms with Gasteiger partial charge in [-0.1, -0.05) is 47.5 Å². The van der Waals surface area contributed by atoms with Crippen LogP contribution in [-0.4, -0.2) is 37.1 Å². The molecule has 1 rings (SSSR count). The van der Waals surface area contributed by atoms with Crippen LogP contribution in [-0.2, 0) is 0 Å². The molecule has 1 saturated carbocycles. The van der Waals surface area contributed by atoms with E-state index >= 15 is 0 Å². The SMILES string of the molecule is CCNC1CCCCC1CN(CCC(C)C)CCC(C)C. The number of rotatable bonds is 10. The summed E-state index contributed by atoms with van der Waals surface area (Å²) in [5.41, 5.74) is 0. The van der Waals surface area contributed by atoms with Gasteiger partial charge < -0.3 is 10.2 Å². The maximum atomic E-state index is 3.74. The lowest BCUT2D eigenvalue weighted by Crippen LogP contribution is -2.44. The highest BCUT2D eigenvalue weighted by Crippen LogP contribution is 2.25. The van der Waals surface area contributed by atoms with Gasteiger partial charge in [-0.25, -0.2) is 0 Å². The monoisotopic (exact) mass is 296 g/mol. The highest BCUT2D eigenvalue weighted by Gasteiger charge is 2.26. The quantitative estimate of drug-likeness (QED) is 0.636. The van der Waals surface area contributed by atoms with Crippen LogP contribution in [0.5, 0.6) is 0 Å². The van der Waals surface area contributed by atoms with E-state index in [9.17, 15) is 0 Å². The molecule has 0 spiro atoms. The summed E-state index contributed by atoms with van der Waals surface area (Å²) in [5, 5.41) is 3.74. The zero-order valence-electron chi connectivity index (χ0n) is 15.3. The molecule has 0 heterocycles. The normalized spacial score (nSPS) is 23.4. The third-order valence-corrected chi connectivity index (χ3v) is 4.91. The molecule has 2 nitrogen and oxygen atoms in total. The van der Waals surface area contributed by atoms with Crippen LogP contribution < -0.4 is 5.32 Å². The van der Waals surface area contributed by atoms with Gasteiger partial charge in [0.15, 0.2) is 0 Å². The lowest BCUT2D eigenvalue weighted by atomic mass is 9.84. The van der Waals surface area contributed by atoms with Crippen molar-refractivity contribution in [3.8, 4) is 0 Å². The average Bonchev–Trinajstić information content (AvgIpc) is 2.43. The van der Waals surface area contributed by atoms with Crippen LogP contribution in [0.1, 0.15) is 73.1 Å². The highest BCUT2D eigenvalue weighted by atomic mass is 15.1. The van der Waals surface area contributed by atoms with Crippen molar-refractivity contribution in [2.75, 3.05) is 26.2 Å². The van der Waals surface area contributed by atoms with E-state index in [1.807, 2.05) is 0 Å². The Morgan fingerprint density at radius 2 is 1.52 bits per heavy atom. The van der Waals surface area contributed by atoms with Crippen LogP contribution in [0.2, 0.25) is 0 Å². The molecule has 1 N–H and O–H groups in total. The van der Waals surface area contributed by atoms with Gasteiger partial charge in [0.2, 0.25) is 0 Å². The first kappa shape index (κ1) is 19.0. The minimum absolute atomic E-state index is 0.768. The van der Waals surface area contributed by atoms with Crippen LogP contribution in [0, 0.1) is 17.8 Å². The average molecular weight is 297 g/mol. The molecule has 2 heteroatoms. The molecule has 0 aromatic rings. The Balaban J connectivity index is 2.50. The minimum atomic E-state index is 0.768. The second-order valence-electron chi connectivity index (χ2n) is 7.87. The van der Waals surface area contributed by atoms with Crippen molar-refractivity contribution in [1.82, 2.24) is 10.2 Å². The van der Waals surface area contributed by atoms with Gasteiger partial charge in [-0.05, 0) is 63.1 Å². The van der Waals surface area contributed by atoms with Crippen molar-refractivity contribution in [1.29, 1.82) is 0 Å². The molecule has 2 atom stereocenters. The standard InChI is InChI=1S/C19H40N2/c1-6-20-19-10-8-7-9-18(19)15-21(13-11-16(2)3)14-12-17(4)5/h16-20H,6-15H2,1-5H3. The second kappa shape index (κ2) is 10.6. The zero-order chi connectivity index (χ0) is 15.7. The van der Waals surface area contributed by atoms with Gasteiger partial charge in [0.25, 0.3) is 0 Å². The van der Waals surface area contributed by atoms with Crippen molar-refractivity contribution in [2.45, 2.75) is 79.2 Å². The van der Waals surface area contributed by atoms with Crippen molar-refractivity contribution in [3.63, 3.8) is 0 Å². The van der Waals surface area contributed by atoms with E-state index in [4.69, 9.17) is 0 Å². The summed E-state index contributed by atoms with van der Waals surface area (Å²) in [6.07, 6.45) is 8.37. The highest BCUT2D eigenvalue weighted by molar-refractivity contribution is 4.83. The number of hydrogen-bond donors (Lipinski definition) is 1. The molecule has 0 aromatic heterocycles. The van der Waals surface area contributed by atoms with E-state index in [1.54, 1.807) is 0 Å². The minimum Gasteiger partial charge on any atom is -0.314 e. The third-order valence-electron chi connectivity index (χ3n) is 4.91. The van der Waals surface area contributed by atoms with E-state index in [2.05, 4.69) is 44.8 Å². The summed E-state index contributed by atoms with van der Waals surface area (Å²) >= 11 is 0. The second-order valence-corrected chi connectivity index (χ2v) is 7.87. The van der Waals surface area contributed by atoms with E-state index < -0.39 is 0 Å². The van der Waals surface area contributed by atoms with Crippen LogP contribution in [0.4, 0.5) is 0 Å². The van der Waals surface area contributed by atoms with Gasteiger partial charge in [0.05, 0.1) is 0 Å². The molecule has 21 heavy (non-hydrogen) atoms. The first-order chi connectivity index (χ1) is 10.0. The summed E-state index contributed by atoms with van der Waals surface area (Å²) in [6, 6.07) is 0.768.